The van der Waals surface area contributed by atoms with Crippen LogP contribution < -0.4 is 5.32 Å². The van der Waals surface area contributed by atoms with Crippen molar-refractivity contribution in [3.05, 3.63) is 42.7 Å². The maximum atomic E-state index is 4.31. The van der Waals surface area contributed by atoms with Gasteiger partial charge in [0.05, 0.1) is 18.6 Å². The molecule has 0 fully saturated rings. The van der Waals surface area contributed by atoms with Crippen LogP contribution in [0.5, 0.6) is 0 Å². The van der Waals surface area contributed by atoms with E-state index in [9.17, 15) is 0 Å². The zero-order valence-corrected chi connectivity index (χ0v) is 8.72. The summed E-state index contributed by atoms with van der Waals surface area (Å²) in [5.74, 6) is 0. The van der Waals surface area contributed by atoms with Crippen LogP contribution in [0.2, 0.25) is 0 Å². The number of hydrogen-bond acceptors (Lipinski definition) is 3. The minimum absolute atomic E-state index is 0.763. The van der Waals surface area contributed by atoms with E-state index in [0.717, 1.165) is 24.5 Å². The maximum absolute atomic E-state index is 4.31. The second-order valence-corrected chi connectivity index (χ2v) is 3.30. The number of rotatable bonds is 4. The summed E-state index contributed by atoms with van der Waals surface area (Å²) in [5.41, 5.74) is 2.15. The fraction of sp³-hybridized carbons (Fsp3) is 0.273. The molecule has 2 heterocycles. The predicted molar refractivity (Wildman–Crippen MR) is 59.7 cm³/mol. The van der Waals surface area contributed by atoms with Gasteiger partial charge in [0, 0.05) is 30.8 Å². The summed E-state index contributed by atoms with van der Waals surface area (Å²) in [7, 11) is 0. The number of aromatic nitrogens is 3. The first-order valence-corrected chi connectivity index (χ1v) is 5.03. The molecule has 4 heteroatoms. The molecule has 0 saturated carbocycles. The van der Waals surface area contributed by atoms with Crippen LogP contribution >= 0.6 is 0 Å². The number of hydrogen-bond donors (Lipinski definition) is 1. The highest BCUT2D eigenvalue weighted by molar-refractivity contribution is 5.42. The van der Waals surface area contributed by atoms with Crippen molar-refractivity contribution in [2.45, 2.75) is 13.5 Å². The molecule has 4 nitrogen and oxygen atoms in total. The molecule has 2 aromatic heterocycles. The van der Waals surface area contributed by atoms with Gasteiger partial charge in [0.15, 0.2) is 0 Å². The van der Waals surface area contributed by atoms with E-state index in [0.29, 0.717) is 0 Å². The second kappa shape index (κ2) is 4.59. The van der Waals surface area contributed by atoms with Gasteiger partial charge in [-0.05, 0) is 19.1 Å². The summed E-state index contributed by atoms with van der Waals surface area (Å²) in [5, 5.41) is 3.26. The van der Waals surface area contributed by atoms with Crippen LogP contribution in [0.3, 0.4) is 0 Å². The van der Waals surface area contributed by atoms with Crippen molar-refractivity contribution in [2.75, 3.05) is 11.9 Å². The minimum Gasteiger partial charge on any atom is -0.385 e. The summed E-state index contributed by atoms with van der Waals surface area (Å²) in [6.07, 6.45) is 7.32. The Hall–Kier alpha value is -1.84. The van der Waals surface area contributed by atoms with Gasteiger partial charge in [-0.2, -0.15) is 0 Å². The molecule has 0 aliphatic heterocycles. The van der Waals surface area contributed by atoms with Crippen molar-refractivity contribution in [1.82, 2.24) is 14.5 Å². The summed E-state index contributed by atoms with van der Waals surface area (Å²) < 4.78 is 2.00. The highest BCUT2D eigenvalue weighted by atomic mass is 15.0. The summed E-state index contributed by atoms with van der Waals surface area (Å²) in [6, 6.07) is 4.03. The van der Waals surface area contributed by atoms with Crippen LogP contribution in [0.1, 0.15) is 12.6 Å². The van der Waals surface area contributed by atoms with E-state index < -0.39 is 0 Å². The maximum Gasteiger partial charge on any atom is 0.0949 e. The molecular weight excluding hydrogens is 188 g/mol. The summed E-state index contributed by atoms with van der Waals surface area (Å²) in [6.45, 7) is 3.77. The van der Waals surface area contributed by atoms with Gasteiger partial charge in [0.1, 0.15) is 0 Å². The molecule has 0 bridgehead atoms. The van der Waals surface area contributed by atoms with Crippen LogP contribution in [0.4, 0.5) is 5.69 Å². The number of anilines is 1. The molecule has 0 spiro atoms. The third-order valence-corrected chi connectivity index (χ3v) is 2.10. The Balaban J connectivity index is 2.11. The molecule has 0 aromatic carbocycles. The third kappa shape index (κ3) is 2.56. The average molecular weight is 202 g/mol. The van der Waals surface area contributed by atoms with E-state index in [4.69, 9.17) is 0 Å². The van der Waals surface area contributed by atoms with E-state index in [1.54, 1.807) is 12.5 Å². The molecule has 15 heavy (non-hydrogen) atoms. The molecule has 0 aliphatic carbocycles. The number of nitrogens with zero attached hydrogens (tertiary/aromatic N) is 3. The van der Waals surface area contributed by atoms with Gasteiger partial charge in [-0.25, -0.2) is 4.98 Å². The SMILES string of the molecule is CCNc1ccnc(Cn2ccnc2)c1. The molecule has 0 saturated heterocycles. The number of pyridine rings is 1. The fourth-order valence-corrected chi connectivity index (χ4v) is 1.45. The quantitative estimate of drug-likeness (QED) is 0.821. The van der Waals surface area contributed by atoms with Gasteiger partial charge in [0.25, 0.3) is 0 Å². The highest BCUT2D eigenvalue weighted by Crippen LogP contribution is 2.08. The van der Waals surface area contributed by atoms with Gasteiger partial charge in [-0.15, -0.1) is 0 Å². The topological polar surface area (TPSA) is 42.7 Å². The Labute approximate surface area is 89.0 Å². The van der Waals surface area contributed by atoms with Crippen molar-refractivity contribution in [1.29, 1.82) is 0 Å². The van der Waals surface area contributed by atoms with Crippen LogP contribution in [0.15, 0.2) is 37.1 Å². The molecule has 78 valence electrons. The van der Waals surface area contributed by atoms with E-state index in [1.165, 1.54) is 0 Å². The van der Waals surface area contributed by atoms with Crippen molar-refractivity contribution in [3.8, 4) is 0 Å². The standard InChI is InChI=1S/C11H14N4/c1-2-13-10-3-4-14-11(7-10)8-15-6-5-12-9-15/h3-7,9H,2,8H2,1H3,(H,13,14). The predicted octanol–water partition coefficient (Wildman–Crippen LogP) is 1.76. The molecule has 1 N–H and O–H groups in total. The lowest BCUT2D eigenvalue weighted by Crippen LogP contribution is -2.02. The summed E-state index contributed by atoms with van der Waals surface area (Å²) in [4.78, 5) is 8.30. The van der Waals surface area contributed by atoms with Crippen molar-refractivity contribution in [3.63, 3.8) is 0 Å². The molecule has 0 aliphatic rings. The van der Waals surface area contributed by atoms with Crippen LogP contribution in [0, 0.1) is 0 Å². The minimum atomic E-state index is 0.763. The van der Waals surface area contributed by atoms with E-state index >= 15 is 0 Å². The van der Waals surface area contributed by atoms with Gasteiger partial charge in [-0.3, -0.25) is 4.98 Å². The van der Waals surface area contributed by atoms with Crippen LogP contribution in [-0.4, -0.2) is 21.1 Å². The zero-order chi connectivity index (χ0) is 10.5. The smallest absolute Gasteiger partial charge is 0.0949 e. The highest BCUT2D eigenvalue weighted by Gasteiger charge is 1.97. The first-order valence-electron chi connectivity index (χ1n) is 5.03. The first kappa shape index (κ1) is 9.71. The van der Waals surface area contributed by atoms with Crippen molar-refractivity contribution < 1.29 is 0 Å². The van der Waals surface area contributed by atoms with Crippen LogP contribution in [-0.2, 0) is 6.54 Å². The van der Waals surface area contributed by atoms with Crippen molar-refractivity contribution >= 4 is 5.69 Å². The van der Waals surface area contributed by atoms with Crippen LogP contribution in [0.25, 0.3) is 0 Å². The fourth-order valence-electron chi connectivity index (χ4n) is 1.45. The zero-order valence-electron chi connectivity index (χ0n) is 8.72. The van der Waals surface area contributed by atoms with Gasteiger partial charge >= 0.3 is 0 Å². The molecule has 0 unspecified atom stereocenters. The number of imidazole rings is 1. The summed E-state index contributed by atoms with van der Waals surface area (Å²) >= 11 is 0. The Kier molecular flexibility index (Phi) is 2.97. The Morgan fingerprint density at radius 3 is 3.07 bits per heavy atom. The molecule has 0 radical (unpaired) electrons. The third-order valence-electron chi connectivity index (χ3n) is 2.10. The van der Waals surface area contributed by atoms with E-state index in [1.807, 2.05) is 23.0 Å². The largest absolute Gasteiger partial charge is 0.385 e. The average Bonchev–Trinajstić information content (AvgIpc) is 2.71. The molecular formula is C11H14N4. The monoisotopic (exact) mass is 202 g/mol. The lowest BCUT2D eigenvalue weighted by atomic mass is 10.3. The number of nitrogens with one attached hydrogen (secondary N) is 1. The Morgan fingerprint density at radius 2 is 2.33 bits per heavy atom. The second-order valence-electron chi connectivity index (χ2n) is 3.30. The Morgan fingerprint density at radius 1 is 1.40 bits per heavy atom. The van der Waals surface area contributed by atoms with Gasteiger partial charge in [-0.1, -0.05) is 0 Å². The van der Waals surface area contributed by atoms with Gasteiger partial charge < -0.3 is 9.88 Å². The molecule has 0 amide bonds. The van der Waals surface area contributed by atoms with E-state index in [2.05, 4.69) is 28.3 Å². The lowest BCUT2D eigenvalue weighted by molar-refractivity contribution is 0.773. The Bertz CT molecular complexity index is 408. The van der Waals surface area contributed by atoms with E-state index in [-0.39, 0.29) is 0 Å². The molecule has 0 atom stereocenters. The molecule has 2 rings (SSSR count). The van der Waals surface area contributed by atoms with Gasteiger partial charge in [0.2, 0.25) is 0 Å². The first-order chi connectivity index (χ1) is 7.38. The normalized spacial score (nSPS) is 10.2. The molecule has 2 aromatic rings. The van der Waals surface area contributed by atoms with Crippen molar-refractivity contribution in [2.24, 2.45) is 0 Å². The lowest BCUT2D eigenvalue weighted by Gasteiger charge is -2.05.